The Morgan fingerprint density at radius 3 is 2.43 bits per heavy atom. The molecule has 1 atom stereocenters. The molecule has 1 fully saturated rings. The lowest BCUT2D eigenvalue weighted by Crippen LogP contribution is -2.47. The molecule has 2 amide bonds. The van der Waals surface area contributed by atoms with E-state index in [1.54, 1.807) is 34.1 Å². The van der Waals surface area contributed by atoms with Crippen LogP contribution in [-0.2, 0) is 9.53 Å². The molecular formula is C16H22ClN3O3. The SMILES string of the molecule is COCC(N)C(=O)N1CCCN(C(=O)c2ccc(Cl)cc2)CC1. The van der Waals surface area contributed by atoms with E-state index in [0.717, 1.165) is 6.42 Å². The van der Waals surface area contributed by atoms with Crippen molar-refractivity contribution in [1.29, 1.82) is 0 Å². The summed E-state index contributed by atoms with van der Waals surface area (Å²) in [5, 5.41) is 0.598. The van der Waals surface area contributed by atoms with Crippen LogP contribution in [0.15, 0.2) is 24.3 Å². The van der Waals surface area contributed by atoms with Crippen molar-refractivity contribution < 1.29 is 14.3 Å². The summed E-state index contributed by atoms with van der Waals surface area (Å²) < 4.78 is 4.93. The minimum absolute atomic E-state index is 0.0443. The minimum Gasteiger partial charge on any atom is -0.383 e. The van der Waals surface area contributed by atoms with Crippen molar-refractivity contribution >= 4 is 23.4 Å². The third kappa shape index (κ3) is 4.67. The predicted molar refractivity (Wildman–Crippen MR) is 88.4 cm³/mol. The molecule has 0 saturated carbocycles. The van der Waals surface area contributed by atoms with Gasteiger partial charge in [-0.2, -0.15) is 0 Å². The number of rotatable bonds is 4. The summed E-state index contributed by atoms with van der Waals surface area (Å²) >= 11 is 5.85. The molecule has 126 valence electrons. The highest BCUT2D eigenvalue weighted by atomic mass is 35.5. The zero-order valence-corrected chi connectivity index (χ0v) is 14.0. The summed E-state index contributed by atoms with van der Waals surface area (Å²) in [5.41, 5.74) is 6.40. The molecule has 1 aliphatic heterocycles. The van der Waals surface area contributed by atoms with E-state index in [2.05, 4.69) is 0 Å². The van der Waals surface area contributed by atoms with Crippen molar-refractivity contribution in [2.75, 3.05) is 39.9 Å². The molecular weight excluding hydrogens is 318 g/mol. The largest absolute Gasteiger partial charge is 0.383 e. The van der Waals surface area contributed by atoms with Gasteiger partial charge in [0.05, 0.1) is 6.61 Å². The molecule has 1 aromatic rings. The van der Waals surface area contributed by atoms with Crippen molar-refractivity contribution in [2.24, 2.45) is 5.73 Å². The lowest BCUT2D eigenvalue weighted by Gasteiger charge is -2.24. The Morgan fingerprint density at radius 2 is 1.78 bits per heavy atom. The van der Waals surface area contributed by atoms with Crippen LogP contribution in [0.4, 0.5) is 0 Å². The number of hydrogen-bond acceptors (Lipinski definition) is 4. The fourth-order valence-electron chi connectivity index (χ4n) is 2.60. The van der Waals surface area contributed by atoms with E-state index in [0.29, 0.717) is 36.8 Å². The second kappa shape index (κ2) is 8.29. The topological polar surface area (TPSA) is 75.9 Å². The van der Waals surface area contributed by atoms with Gasteiger partial charge >= 0.3 is 0 Å². The summed E-state index contributed by atoms with van der Waals surface area (Å²) in [6, 6.07) is 6.18. The van der Waals surface area contributed by atoms with E-state index in [-0.39, 0.29) is 18.4 Å². The van der Waals surface area contributed by atoms with Gasteiger partial charge in [0, 0.05) is 43.9 Å². The van der Waals surface area contributed by atoms with E-state index < -0.39 is 6.04 Å². The Bertz CT molecular complexity index is 550. The highest BCUT2D eigenvalue weighted by Crippen LogP contribution is 2.13. The van der Waals surface area contributed by atoms with E-state index in [1.807, 2.05) is 0 Å². The standard InChI is InChI=1S/C16H22ClN3O3/c1-23-11-14(18)16(22)20-8-2-7-19(9-10-20)15(21)12-3-5-13(17)6-4-12/h3-6,14H,2,7-11,18H2,1H3. The highest BCUT2D eigenvalue weighted by Gasteiger charge is 2.25. The molecule has 1 saturated heterocycles. The third-order valence-corrected chi connectivity index (χ3v) is 4.10. The monoisotopic (exact) mass is 339 g/mol. The number of methoxy groups -OCH3 is 1. The molecule has 1 heterocycles. The molecule has 1 unspecified atom stereocenters. The average molecular weight is 340 g/mol. The number of hydrogen-bond donors (Lipinski definition) is 1. The molecule has 0 bridgehead atoms. The smallest absolute Gasteiger partial charge is 0.253 e. The van der Waals surface area contributed by atoms with Crippen LogP contribution in [0.5, 0.6) is 0 Å². The Kier molecular flexibility index (Phi) is 6.38. The molecule has 0 aliphatic carbocycles. The van der Waals surface area contributed by atoms with Gasteiger partial charge < -0.3 is 20.3 Å². The van der Waals surface area contributed by atoms with Gasteiger partial charge in [-0.3, -0.25) is 9.59 Å². The van der Waals surface area contributed by atoms with Crippen LogP contribution in [0.2, 0.25) is 5.02 Å². The van der Waals surface area contributed by atoms with Crippen molar-refractivity contribution in [1.82, 2.24) is 9.80 Å². The Labute approximate surface area is 141 Å². The zero-order valence-electron chi connectivity index (χ0n) is 13.2. The second-order valence-electron chi connectivity index (χ2n) is 5.54. The second-order valence-corrected chi connectivity index (χ2v) is 5.98. The van der Waals surface area contributed by atoms with Crippen LogP contribution in [-0.4, -0.2) is 67.6 Å². The Balaban J connectivity index is 1.96. The molecule has 1 aliphatic rings. The Morgan fingerprint density at radius 1 is 1.17 bits per heavy atom. The van der Waals surface area contributed by atoms with Gasteiger partial charge in [0.15, 0.2) is 0 Å². The molecule has 1 aromatic carbocycles. The number of nitrogens with zero attached hydrogens (tertiary/aromatic N) is 2. The molecule has 2 rings (SSSR count). The van der Waals surface area contributed by atoms with Crippen molar-refractivity contribution in [3.8, 4) is 0 Å². The first-order chi connectivity index (χ1) is 11.0. The van der Waals surface area contributed by atoms with E-state index >= 15 is 0 Å². The fraction of sp³-hybridized carbons (Fsp3) is 0.500. The van der Waals surface area contributed by atoms with Crippen LogP contribution < -0.4 is 5.73 Å². The lowest BCUT2D eigenvalue weighted by molar-refractivity contribution is -0.133. The molecule has 2 N–H and O–H groups in total. The van der Waals surface area contributed by atoms with Crippen LogP contribution in [0, 0.1) is 0 Å². The molecule has 6 nitrogen and oxygen atoms in total. The van der Waals surface area contributed by atoms with Gasteiger partial charge in [-0.25, -0.2) is 0 Å². The first-order valence-electron chi connectivity index (χ1n) is 7.61. The maximum Gasteiger partial charge on any atom is 0.253 e. The highest BCUT2D eigenvalue weighted by molar-refractivity contribution is 6.30. The lowest BCUT2D eigenvalue weighted by atomic mass is 10.2. The van der Waals surface area contributed by atoms with E-state index in [9.17, 15) is 9.59 Å². The number of benzene rings is 1. The summed E-state index contributed by atoms with van der Waals surface area (Å²) in [4.78, 5) is 28.2. The van der Waals surface area contributed by atoms with Crippen molar-refractivity contribution in [3.63, 3.8) is 0 Å². The fourth-order valence-corrected chi connectivity index (χ4v) is 2.73. The Hall–Kier alpha value is -1.63. The number of ether oxygens (including phenoxy) is 1. The number of carbonyl (C=O) groups is 2. The van der Waals surface area contributed by atoms with Crippen LogP contribution in [0.25, 0.3) is 0 Å². The maximum atomic E-state index is 12.5. The summed E-state index contributed by atoms with van der Waals surface area (Å²) in [6.07, 6.45) is 0.727. The predicted octanol–water partition coefficient (Wildman–Crippen LogP) is 0.988. The number of amides is 2. The van der Waals surface area contributed by atoms with Crippen molar-refractivity contribution in [2.45, 2.75) is 12.5 Å². The number of halogens is 1. The van der Waals surface area contributed by atoms with Crippen LogP contribution in [0.3, 0.4) is 0 Å². The summed E-state index contributed by atoms with van der Waals surface area (Å²) in [5.74, 6) is -0.176. The van der Waals surface area contributed by atoms with E-state index in [4.69, 9.17) is 22.1 Å². The number of nitrogens with two attached hydrogens (primary N) is 1. The molecule has 7 heteroatoms. The molecule has 0 radical (unpaired) electrons. The molecule has 0 aromatic heterocycles. The molecule has 0 spiro atoms. The van der Waals surface area contributed by atoms with Gasteiger partial charge in [-0.05, 0) is 30.7 Å². The van der Waals surface area contributed by atoms with Crippen LogP contribution in [0.1, 0.15) is 16.8 Å². The van der Waals surface area contributed by atoms with Gasteiger partial charge in [0.1, 0.15) is 6.04 Å². The maximum absolute atomic E-state index is 12.5. The number of carbonyl (C=O) groups excluding carboxylic acids is 2. The first kappa shape index (κ1) is 17.7. The van der Waals surface area contributed by atoms with E-state index in [1.165, 1.54) is 7.11 Å². The minimum atomic E-state index is -0.654. The third-order valence-electron chi connectivity index (χ3n) is 3.85. The first-order valence-corrected chi connectivity index (χ1v) is 7.99. The average Bonchev–Trinajstić information content (AvgIpc) is 2.80. The van der Waals surface area contributed by atoms with Gasteiger partial charge in [-0.1, -0.05) is 11.6 Å². The van der Waals surface area contributed by atoms with Crippen LogP contribution >= 0.6 is 11.6 Å². The molecule has 23 heavy (non-hydrogen) atoms. The van der Waals surface area contributed by atoms with Gasteiger partial charge in [-0.15, -0.1) is 0 Å². The normalized spacial score (nSPS) is 16.8. The van der Waals surface area contributed by atoms with Gasteiger partial charge in [0.25, 0.3) is 5.91 Å². The summed E-state index contributed by atoms with van der Waals surface area (Å²) in [7, 11) is 1.52. The zero-order chi connectivity index (χ0) is 16.8. The van der Waals surface area contributed by atoms with Crippen molar-refractivity contribution in [3.05, 3.63) is 34.9 Å². The quantitative estimate of drug-likeness (QED) is 0.887. The van der Waals surface area contributed by atoms with Gasteiger partial charge in [0.2, 0.25) is 5.91 Å². The summed E-state index contributed by atoms with van der Waals surface area (Å²) in [6.45, 7) is 2.39.